The fourth-order valence-electron chi connectivity index (χ4n) is 2.35. The highest BCUT2D eigenvalue weighted by atomic mass is 32.2. The topological polar surface area (TPSA) is 57.6 Å². The molecule has 2 aromatic carbocycles. The van der Waals surface area contributed by atoms with Crippen molar-refractivity contribution in [3.05, 3.63) is 60.2 Å². The SMILES string of the molecule is O=C(O)CN1C(=O)C(c2ccccc2)Sc2ccccc21. The van der Waals surface area contributed by atoms with Crippen LogP contribution in [0, 0.1) is 0 Å². The van der Waals surface area contributed by atoms with Gasteiger partial charge >= 0.3 is 5.97 Å². The van der Waals surface area contributed by atoms with Crippen molar-refractivity contribution in [2.75, 3.05) is 11.4 Å². The number of carbonyl (C=O) groups is 2. The maximum absolute atomic E-state index is 12.7. The zero-order valence-corrected chi connectivity index (χ0v) is 11.9. The van der Waals surface area contributed by atoms with Gasteiger partial charge in [-0.1, -0.05) is 42.5 Å². The van der Waals surface area contributed by atoms with Crippen LogP contribution in [-0.4, -0.2) is 23.5 Å². The zero-order valence-electron chi connectivity index (χ0n) is 11.1. The molecular weight excluding hydrogens is 286 g/mol. The molecule has 1 aliphatic rings. The lowest BCUT2D eigenvalue weighted by molar-refractivity contribution is -0.136. The molecule has 1 heterocycles. The molecule has 1 aliphatic heterocycles. The van der Waals surface area contributed by atoms with E-state index < -0.39 is 11.2 Å². The van der Waals surface area contributed by atoms with E-state index in [1.165, 1.54) is 16.7 Å². The molecule has 2 aromatic rings. The Morgan fingerprint density at radius 2 is 1.76 bits per heavy atom. The molecule has 106 valence electrons. The third-order valence-electron chi connectivity index (χ3n) is 3.29. The van der Waals surface area contributed by atoms with Gasteiger partial charge in [0.1, 0.15) is 11.8 Å². The van der Waals surface area contributed by atoms with Gasteiger partial charge in [-0.3, -0.25) is 14.5 Å². The molecule has 0 radical (unpaired) electrons. The Bertz CT molecular complexity index is 687. The van der Waals surface area contributed by atoms with E-state index in [1.807, 2.05) is 48.5 Å². The van der Waals surface area contributed by atoms with E-state index in [0.29, 0.717) is 5.69 Å². The minimum atomic E-state index is -1.02. The average Bonchev–Trinajstić information content (AvgIpc) is 2.50. The van der Waals surface area contributed by atoms with E-state index in [-0.39, 0.29) is 12.5 Å². The summed E-state index contributed by atoms with van der Waals surface area (Å²) in [6.07, 6.45) is 0. The normalized spacial score (nSPS) is 17.4. The van der Waals surface area contributed by atoms with Crippen LogP contribution in [0.1, 0.15) is 10.8 Å². The van der Waals surface area contributed by atoms with Gasteiger partial charge in [-0.2, -0.15) is 0 Å². The van der Waals surface area contributed by atoms with E-state index in [9.17, 15) is 9.59 Å². The summed E-state index contributed by atoms with van der Waals surface area (Å²) in [5, 5.41) is 8.66. The number of benzene rings is 2. The zero-order chi connectivity index (χ0) is 14.8. The molecule has 0 spiro atoms. The maximum Gasteiger partial charge on any atom is 0.323 e. The fourth-order valence-corrected chi connectivity index (χ4v) is 3.59. The van der Waals surface area contributed by atoms with Crippen LogP contribution in [0.5, 0.6) is 0 Å². The van der Waals surface area contributed by atoms with Gasteiger partial charge < -0.3 is 5.11 Å². The molecule has 0 saturated carbocycles. The highest BCUT2D eigenvalue weighted by molar-refractivity contribution is 8.00. The van der Waals surface area contributed by atoms with Crippen LogP contribution in [0.3, 0.4) is 0 Å². The number of rotatable bonds is 3. The summed E-state index contributed by atoms with van der Waals surface area (Å²) in [5.41, 5.74) is 1.56. The predicted octanol–water partition coefficient (Wildman–Crippen LogP) is 2.95. The van der Waals surface area contributed by atoms with E-state index in [0.717, 1.165) is 10.5 Å². The summed E-state index contributed by atoms with van der Waals surface area (Å²) in [5.74, 6) is -1.20. The highest BCUT2D eigenvalue weighted by Crippen LogP contribution is 2.46. The highest BCUT2D eigenvalue weighted by Gasteiger charge is 2.35. The standard InChI is InChI=1S/C16H13NO3S/c18-14(19)10-17-12-8-4-5-9-13(12)21-15(16(17)20)11-6-2-1-3-7-11/h1-9,15H,10H2,(H,18,19). The number of fused-ring (bicyclic) bond motifs is 1. The Labute approximate surface area is 126 Å². The summed E-state index contributed by atoms with van der Waals surface area (Å²) in [6.45, 7) is -0.320. The van der Waals surface area contributed by atoms with Crippen molar-refractivity contribution in [2.45, 2.75) is 10.1 Å². The molecule has 1 amide bonds. The molecule has 0 fully saturated rings. The minimum absolute atomic E-state index is 0.188. The number of hydrogen-bond donors (Lipinski definition) is 1. The summed E-state index contributed by atoms with van der Waals surface area (Å²) in [7, 11) is 0. The number of hydrogen-bond acceptors (Lipinski definition) is 3. The number of carboxylic acids is 1. The van der Waals surface area contributed by atoms with Crippen molar-refractivity contribution in [3.63, 3.8) is 0 Å². The first-order valence-electron chi connectivity index (χ1n) is 6.50. The predicted molar refractivity (Wildman–Crippen MR) is 81.5 cm³/mol. The summed E-state index contributed by atoms with van der Waals surface area (Å²) in [4.78, 5) is 26.0. The van der Waals surface area contributed by atoms with Gasteiger partial charge in [-0.05, 0) is 17.7 Å². The Hall–Kier alpha value is -2.27. The second-order valence-electron chi connectivity index (χ2n) is 4.69. The first-order valence-corrected chi connectivity index (χ1v) is 7.38. The molecule has 1 atom stereocenters. The molecule has 3 rings (SSSR count). The first kappa shape index (κ1) is 13.7. The lowest BCUT2D eigenvalue weighted by Crippen LogP contribution is -2.40. The Balaban J connectivity index is 2.04. The average molecular weight is 299 g/mol. The molecule has 0 aromatic heterocycles. The number of para-hydroxylation sites is 1. The van der Waals surface area contributed by atoms with E-state index in [1.54, 1.807) is 6.07 Å². The first-order chi connectivity index (χ1) is 10.2. The molecule has 1 unspecified atom stereocenters. The van der Waals surface area contributed by atoms with Crippen LogP contribution < -0.4 is 4.90 Å². The number of aliphatic carboxylic acids is 1. The van der Waals surface area contributed by atoms with Gasteiger partial charge in [0.15, 0.2) is 0 Å². The third-order valence-corrected chi connectivity index (χ3v) is 4.60. The maximum atomic E-state index is 12.7. The van der Waals surface area contributed by atoms with Crippen molar-refractivity contribution < 1.29 is 14.7 Å². The number of carbonyl (C=O) groups excluding carboxylic acids is 1. The van der Waals surface area contributed by atoms with Gasteiger partial charge in [-0.15, -0.1) is 11.8 Å². The van der Waals surface area contributed by atoms with Crippen LogP contribution >= 0.6 is 11.8 Å². The van der Waals surface area contributed by atoms with Crippen LogP contribution in [0.25, 0.3) is 0 Å². The number of anilines is 1. The molecule has 0 saturated heterocycles. The van der Waals surface area contributed by atoms with Crippen molar-refractivity contribution in [2.24, 2.45) is 0 Å². The lowest BCUT2D eigenvalue weighted by Gasteiger charge is -2.32. The number of amides is 1. The molecule has 4 nitrogen and oxygen atoms in total. The Morgan fingerprint density at radius 1 is 1.10 bits per heavy atom. The van der Waals surface area contributed by atoms with Crippen molar-refractivity contribution in [1.29, 1.82) is 0 Å². The molecule has 0 bridgehead atoms. The monoisotopic (exact) mass is 299 g/mol. The quantitative estimate of drug-likeness (QED) is 0.946. The van der Waals surface area contributed by atoms with Gasteiger partial charge in [0.25, 0.3) is 0 Å². The summed E-state index contributed by atoms with van der Waals surface area (Å²) < 4.78 is 0. The van der Waals surface area contributed by atoms with E-state index >= 15 is 0 Å². The van der Waals surface area contributed by atoms with E-state index in [4.69, 9.17) is 5.11 Å². The smallest absolute Gasteiger partial charge is 0.323 e. The van der Waals surface area contributed by atoms with E-state index in [2.05, 4.69) is 0 Å². The fraction of sp³-hybridized carbons (Fsp3) is 0.125. The summed E-state index contributed by atoms with van der Waals surface area (Å²) >= 11 is 1.46. The molecule has 1 N–H and O–H groups in total. The van der Waals surface area contributed by atoms with Gasteiger partial charge in [-0.25, -0.2) is 0 Å². The number of nitrogens with zero attached hydrogens (tertiary/aromatic N) is 1. The Kier molecular flexibility index (Phi) is 3.66. The molecule has 5 heteroatoms. The molecule has 21 heavy (non-hydrogen) atoms. The van der Waals surface area contributed by atoms with Crippen LogP contribution in [0.4, 0.5) is 5.69 Å². The second kappa shape index (κ2) is 5.61. The third kappa shape index (κ3) is 2.64. The Morgan fingerprint density at radius 3 is 2.48 bits per heavy atom. The van der Waals surface area contributed by atoms with Crippen molar-refractivity contribution >= 4 is 29.3 Å². The molecule has 0 aliphatic carbocycles. The van der Waals surface area contributed by atoms with Crippen LogP contribution in [0.2, 0.25) is 0 Å². The second-order valence-corrected chi connectivity index (χ2v) is 5.84. The minimum Gasteiger partial charge on any atom is -0.480 e. The summed E-state index contributed by atoms with van der Waals surface area (Å²) in [6, 6.07) is 16.8. The lowest BCUT2D eigenvalue weighted by atomic mass is 10.1. The van der Waals surface area contributed by atoms with Crippen LogP contribution in [0.15, 0.2) is 59.5 Å². The van der Waals surface area contributed by atoms with Gasteiger partial charge in [0.05, 0.1) is 5.69 Å². The number of carboxylic acid groups (broad SMARTS) is 1. The van der Waals surface area contributed by atoms with Gasteiger partial charge in [0, 0.05) is 4.90 Å². The van der Waals surface area contributed by atoms with Crippen molar-refractivity contribution in [3.8, 4) is 0 Å². The van der Waals surface area contributed by atoms with Crippen molar-refractivity contribution in [1.82, 2.24) is 0 Å². The van der Waals surface area contributed by atoms with Crippen LogP contribution in [-0.2, 0) is 9.59 Å². The number of thioether (sulfide) groups is 1. The molecular formula is C16H13NO3S. The largest absolute Gasteiger partial charge is 0.480 e. The van der Waals surface area contributed by atoms with Gasteiger partial charge in [0.2, 0.25) is 5.91 Å².